The van der Waals surface area contributed by atoms with E-state index < -0.39 is 0 Å². The quantitative estimate of drug-likeness (QED) is 0.828. The lowest BCUT2D eigenvalue weighted by Crippen LogP contribution is -2.28. The highest BCUT2D eigenvalue weighted by molar-refractivity contribution is 5.94. The van der Waals surface area contributed by atoms with Crippen LogP contribution in [0.2, 0.25) is 0 Å². The number of aliphatic hydroxyl groups excluding tert-OH is 1. The van der Waals surface area contributed by atoms with Crippen molar-refractivity contribution in [2.45, 2.75) is 19.8 Å². The molecule has 0 bridgehead atoms. The van der Waals surface area contributed by atoms with E-state index in [9.17, 15) is 4.79 Å². The number of carbonyl (C=O) groups excluding carboxylic acids is 1. The number of hydrogen-bond acceptors (Lipinski definition) is 3. The summed E-state index contributed by atoms with van der Waals surface area (Å²) in [5.41, 5.74) is 1.78. The molecule has 2 rings (SSSR count). The lowest BCUT2D eigenvalue weighted by molar-refractivity contribution is 0.0945. The molecule has 1 aromatic rings. The maximum absolute atomic E-state index is 11.9. The number of fused-ring (bicyclic) bond motifs is 1. The van der Waals surface area contributed by atoms with Crippen LogP contribution in [0.25, 0.3) is 0 Å². The van der Waals surface area contributed by atoms with E-state index in [2.05, 4.69) is 5.32 Å². The summed E-state index contributed by atoms with van der Waals surface area (Å²) < 4.78 is 5.40. The van der Waals surface area contributed by atoms with E-state index in [1.165, 1.54) is 0 Å². The maximum Gasteiger partial charge on any atom is 0.251 e. The Hall–Kier alpha value is -1.55. The molecule has 18 heavy (non-hydrogen) atoms. The third kappa shape index (κ3) is 3.01. The average molecular weight is 249 g/mol. The molecule has 0 aliphatic carbocycles. The molecule has 0 saturated carbocycles. The fourth-order valence-corrected chi connectivity index (χ4v) is 2.02. The predicted molar refractivity (Wildman–Crippen MR) is 68.8 cm³/mol. The Labute approximate surface area is 107 Å². The van der Waals surface area contributed by atoms with Crippen molar-refractivity contribution in [3.05, 3.63) is 29.3 Å². The van der Waals surface area contributed by atoms with Gasteiger partial charge in [-0.15, -0.1) is 0 Å². The van der Waals surface area contributed by atoms with Crippen LogP contribution in [-0.2, 0) is 6.42 Å². The van der Waals surface area contributed by atoms with Gasteiger partial charge in [0.1, 0.15) is 5.75 Å². The maximum atomic E-state index is 11.9. The Kier molecular flexibility index (Phi) is 4.20. The van der Waals surface area contributed by atoms with Gasteiger partial charge in [0.15, 0.2) is 0 Å². The van der Waals surface area contributed by atoms with Crippen molar-refractivity contribution in [2.75, 3.05) is 19.8 Å². The molecule has 4 heteroatoms. The Balaban J connectivity index is 1.93. The molecule has 2 N–H and O–H groups in total. The van der Waals surface area contributed by atoms with Crippen LogP contribution in [0.4, 0.5) is 0 Å². The van der Waals surface area contributed by atoms with Crippen LogP contribution in [0.5, 0.6) is 5.75 Å². The average Bonchev–Trinajstić information content (AvgIpc) is 2.83. The fraction of sp³-hybridized carbons (Fsp3) is 0.500. The topological polar surface area (TPSA) is 58.6 Å². The van der Waals surface area contributed by atoms with Crippen LogP contribution in [0.15, 0.2) is 18.2 Å². The van der Waals surface area contributed by atoms with E-state index in [1.54, 1.807) is 6.07 Å². The normalized spacial score (nSPS) is 14.8. The van der Waals surface area contributed by atoms with E-state index >= 15 is 0 Å². The Morgan fingerprint density at radius 3 is 3.17 bits per heavy atom. The van der Waals surface area contributed by atoms with Crippen LogP contribution >= 0.6 is 0 Å². The van der Waals surface area contributed by atoms with Crippen molar-refractivity contribution in [3.63, 3.8) is 0 Å². The first-order chi connectivity index (χ1) is 8.70. The first-order valence-corrected chi connectivity index (χ1v) is 6.35. The molecule has 0 aromatic heterocycles. The number of aliphatic hydroxyl groups is 1. The molecule has 1 amide bonds. The van der Waals surface area contributed by atoms with Crippen molar-refractivity contribution in [1.29, 1.82) is 0 Å². The van der Waals surface area contributed by atoms with E-state index in [4.69, 9.17) is 9.84 Å². The summed E-state index contributed by atoms with van der Waals surface area (Å²) in [6, 6.07) is 5.54. The van der Waals surface area contributed by atoms with Gasteiger partial charge < -0.3 is 15.2 Å². The molecule has 1 atom stereocenters. The van der Waals surface area contributed by atoms with Gasteiger partial charge in [0.05, 0.1) is 6.61 Å². The number of amides is 1. The van der Waals surface area contributed by atoms with Gasteiger partial charge in [-0.2, -0.15) is 0 Å². The summed E-state index contributed by atoms with van der Waals surface area (Å²) in [5, 5.41) is 11.7. The van der Waals surface area contributed by atoms with E-state index in [1.807, 2.05) is 19.1 Å². The molecule has 1 aromatic carbocycles. The third-order valence-corrected chi connectivity index (χ3v) is 3.18. The first kappa shape index (κ1) is 12.9. The second kappa shape index (κ2) is 5.87. The number of carbonyl (C=O) groups is 1. The molecule has 4 nitrogen and oxygen atoms in total. The Bertz CT molecular complexity index is 431. The molecule has 0 spiro atoms. The van der Waals surface area contributed by atoms with Crippen LogP contribution in [0.1, 0.15) is 29.3 Å². The van der Waals surface area contributed by atoms with Crippen LogP contribution in [-0.4, -0.2) is 30.8 Å². The SMILES string of the molecule is CC(CCO)CNC(=O)c1ccc2c(c1)CCO2. The zero-order valence-corrected chi connectivity index (χ0v) is 10.6. The highest BCUT2D eigenvalue weighted by atomic mass is 16.5. The first-order valence-electron chi connectivity index (χ1n) is 6.35. The monoisotopic (exact) mass is 249 g/mol. The lowest BCUT2D eigenvalue weighted by atomic mass is 10.1. The summed E-state index contributed by atoms with van der Waals surface area (Å²) in [5.74, 6) is 1.12. The molecule has 1 aliphatic rings. The van der Waals surface area contributed by atoms with Gasteiger partial charge in [-0.25, -0.2) is 0 Å². The van der Waals surface area contributed by atoms with Gasteiger partial charge in [-0.3, -0.25) is 4.79 Å². The third-order valence-electron chi connectivity index (χ3n) is 3.18. The minimum atomic E-state index is -0.0607. The summed E-state index contributed by atoms with van der Waals surface area (Å²) in [4.78, 5) is 11.9. The van der Waals surface area contributed by atoms with Gasteiger partial charge in [0, 0.05) is 25.1 Å². The molecule has 0 radical (unpaired) electrons. The number of benzene rings is 1. The highest BCUT2D eigenvalue weighted by Gasteiger charge is 2.15. The summed E-state index contributed by atoms with van der Waals surface area (Å²) in [6.45, 7) is 3.46. The van der Waals surface area contributed by atoms with E-state index in [-0.39, 0.29) is 18.4 Å². The molecule has 0 fully saturated rings. The van der Waals surface area contributed by atoms with Gasteiger partial charge in [0.2, 0.25) is 0 Å². The molecule has 98 valence electrons. The predicted octanol–water partition coefficient (Wildman–Crippen LogP) is 1.37. The van der Waals surface area contributed by atoms with Gasteiger partial charge in [-0.1, -0.05) is 6.92 Å². The van der Waals surface area contributed by atoms with Crippen LogP contribution < -0.4 is 10.1 Å². The Morgan fingerprint density at radius 1 is 1.56 bits per heavy atom. The van der Waals surface area contributed by atoms with Gasteiger partial charge >= 0.3 is 0 Å². The van der Waals surface area contributed by atoms with Crippen molar-refractivity contribution < 1.29 is 14.6 Å². The zero-order chi connectivity index (χ0) is 13.0. The molecule has 1 aliphatic heterocycles. The molecule has 1 heterocycles. The molecular weight excluding hydrogens is 230 g/mol. The Morgan fingerprint density at radius 2 is 2.39 bits per heavy atom. The van der Waals surface area contributed by atoms with E-state index in [0.717, 1.165) is 17.7 Å². The molecular formula is C14H19NO3. The van der Waals surface area contributed by atoms with Crippen molar-refractivity contribution in [1.82, 2.24) is 5.32 Å². The summed E-state index contributed by atoms with van der Waals surface area (Å²) >= 11 is 0. The molecule has 0 saturated heterocycles. The van der Waals surface area contributed by atoms with Crippen LogP contribution in [0.3, 0.4) is 0 Å². The molecule has 1 unspecified atom stereocenters. The van der Waals surface area contributed by atoms with Crippen molar-refractivity contribution in [3.8, 4) is 5.75 Å². The summed E-state index contributed by atoms with van der Waals surface area (Å²) in [7, 11) is 0. The lowest BCUT2D eigenvalue weighted by Gasteiger charge is -2.11. The van der Waals surface area contributed by atoms with Crippen LogP contribution in [0, 0.1) is 5.92 Å². The van der Waals surface area contributed by atoms with Gasteiger partial charge in [0.25, 0.3) is 5.91 Å². The number of hydrogen-bond donors (Lipinski definition) is 2. The standard InChI is InChI=1S/C14H19NO3/c1-10(4-6-16)9-15-14(17)12-2-3-13-11(8-12)5-7-18-13/h2-3,8,10,16H,4-7,9H2,1H3,(H,15,17). The number of nitrogens with one attached hydrogen (secondary N) is 1. The number of ether oxygens (including phenoxy) is 1. The second-order valence-corrected chi connectivity index (χ2v) is 4.75. The zero-order valence-electron chi connectivity index (χ0n) is 10.6. The largest absolute Gasteiger partial charge is 0.493 e. The smallest absolute Gasteiger partial charge is 0.251 e. The fourth-order valence-electron chi connectivity index (χ4n) is 2.02. The second-order valence-electron chi connectivity index (χ2n) is 4.75. The van der Waals surface area contributed by atoms with Crippen molar-refractivity contribution in [2.24, 2.45) is 5.92 Å². The highest BCUT2D eigenvalue weighted by Crippen LogP contribution is 2.25. The van der Waals surface area contributed by atoms with Crippen molar-refractivity contribution >= 4 is 5.91 Å². The van der Waals surface area contributed by atoms with Gasteiger partial charge in [-0.05, 0) is 36.1 Å². The number of rotatable bonds is 5. The minimum Gasteiger partial charge on any atom is -0.493 e. The summed E-state index contributed by atoms with van der Waals surface area (Å²) in [6.07, 6.45) is 1.58. The minimum absolute atomic E-state index is 0.0607. The van der Waals surface area contributed by atoms with E-state index in [0.29, 0.717) is 25.1 Å².